The molecule has 1 aromatic heterocycles. The van der Waals surface area contributed by atoms with Crippen LogP contribution in [0.25, 0.3) is 11.0 Å². The zero-order chi connectivity index (χ0) is 17.9. The van der Waals surface area contributed by atoms with Crippen LogP contribution in [-0.4, -0.2) is 20.9 Å². The Labute approximate surface area is 149 Å². The molecule has 5 nitrogen and oxygen atoms in total. The zero-order valence-corrected chi connectivity index (χ0v) is 13.8. The summed E-state index contributed by atoms with van der Waals surface area (Å²) in [6.07, 6.45) is 0. The fraction of sp³-hybridized carbons (Fsp3) is 0.0500. The zero-order valence-electron chi connectivity index (χ0n) is 13.8. The first kappa shape index (κ1) is 16.0. The molecule has 1 N–H and O–H groups in total. The summed E-state index contributed by atoms with van der Waals surface area (Å²) in [6.45, 7) is 0.595. The number of nitrogens with one attached hydrogen (secondary N) is 1. The van der Waals surface area contributed by atoms with E-state index < -0.39 is 11.7 Å². The van der Waals surface area contributed by atoms with Gasteiger partial charge in [-0.1, -0.05) is 47.7 Å². The molecular weight excluding hydrogens is 331 g/mol. The molecule has 128 valence electrons. The predicted molar refractivity (Wildman–Crippen MR) is 97.4 cm³/mol. The topological polar surface area (TPSA) is 59.8 Å². The van der Waals surface area contributed by atoms with Crippen molar-refractivity contribution in [3.05, 3.63) is 89.7 Å². The van der Waals surface area contributed by atoms with E-state index in [4.69, 9.17) is 0 Å². The first-order valence-corrected chi connectivity index (χ1v) is 8.14. The molecule has 0 atom stereocenters. The average molecular weight is 346 g/mol. The largest absolute Gasteiger partial charge is 0.319 e. The Kier molecular flexibility index (Phi) is 4.15. The van der Waals surface area contributed by atoms with Gasteiger partial charge >= 0.3 is 0 Å². The highest BCUT2D eigenvalue weighted by molar-refractivity contribution is 6.05. The quantitative estimate of drug-likeness (QED) is 0.610. The number of rotatable bonds is 4. The van der Waals surface area contributed by atoms with Crippen LogP contribution in [-0.2, 0) is 6.54 Å². The standard InChI is InChI=1S/C20H15FN4O/c21-16-8-4-5-9-17(16)22-20(26)15-10-11-19-18(12-15)23-24-25(19)13-14-6-2-1-3-7-14/h1-12H,13H2,(H,22,26). The van der Waals surface area contributed by atoms with Crippen molar-refractivity contribution in [3.8, 4) is 0 Å². The van der Waals surface area contributed by atoms with E-state index in [0.29, 0.717) is 17.6 Å². The lowest BCUT2D eigenvalue weighted by Gasteiger charge is -2.06. The molecule has 0 aliphatic carbocycles. The van der Waals surface area contributed by atoms with Crippen LogP contribution in [0.5, 0.6) is 0 Å². The molecule has 4 aromatic rings. The molecule has 0 bridgehead atoms. The van der Waals surface area contributed by atoms with Gasteiger partial charge in [-0.25, -0.2) is 9.07 Å². The Bertz CT molecular complexity index is 1080. The highest BCUT2D eigenvalue weighted by atomic mass is 19.1. The minimum absolute atomic E-state index is 0.144. The lowest BCUT2D eigenvalue weighted by molar-refractivity contribution is 0.102. The molecule has 26 heavy (non-hydrogen) atoms. The van der Waals surface area contributed by atoms with E-state index >= 15 is 0 Å². The molecule has 0 saturated carbocycles. The predicted octanol–water partition coefficient (Wildman–Crippen LogP) is 3.87. The monoisotopic (exact) mass is 346 g/mol. The maximum absolute atomic E-state index is 13.7. The fourth-order valence-electron chi connectivity index (χ4n) is 2.74. The normalized spacial score (nSPS) is 10.8. The lowest BCUT2D eigenvalue weighted by atomic mass is 10.1. The molecule has 6 heteroatoms. The lowest BCUT2D eigenvalue weighted by Crippen LogP contribution is -2.12. The molecule has 0 fully saturated rings. The molecule has 0 aliphatic rings. The number of fused-ring (bicyclic) bond motifs is 1. The van der Waals surface area contributed by atoms with Crippen molar-refractivity contribution in [2.75, 3.05) is 5.32 Å². The third-order valence-electron chi connectivity index (χ3n) is 4.07. The molecule has 0 saturated heterocycles. The first-order valence-electron chi connectivity index (χ1n) is 8.14. The minimum atomic E-state index is -0.476. The van der Waals surface area contributed by atoms with Crippen molar-refractivity contribution in [2.24, 2.45) is 0 Å². The number of nitrogens with zero attached hydrogens (tertiary/aromatic N) is 3. The molecule has 1 amide bonds. The number of para-hydroxylation sites is 1. The van der Waals surface area contributed by atoms with Gasteiger partial charge in [0.1, 0.15) is 11.3 Å². The Morgan fingerprint density at radius 2 is 1.77 bits per heavy atom. The van der Waals surface area contributed by atoms with Crippen molar-refractivity contribution in [1.82, 2.24) is 15.0 Å². The average Bonchev–Trinajstić information content (AvgIpc) is 3.06. The van der Waals surface area contributed by atoms with Crippen LogP contribution < -0.4 is 5.32 Å². The third-order valence-corrected chi connectivity index (χ3v) is 4.07. The van der Waals surface area contributed by atoms with Crippen molar-refractivity contribution in [2.45, 2.75) is 6.54 Å². The van der Waals surface area contributed by atoms with Crippen LogP contribution in [0.1, 0.15) is 15.9 Å². The van der Waals surface area contributed by atoms with Gasteiger partial charge in [0.25, 0.3) is 5.91 Å². The number of hydrogen-bond acceptors (Lipinski definition) is 3. The molecule has 0 unspecified atom stereocenters. The molecule has 4 rings (SSSR count). The van der Waals surface area contributed by atoms with Crippen LogP contribution in [0.4, 0.5) is 10.1 Å². The summed E-state index contributed by atoms with van der Waals surface area (Å²) < 4.78 is 15.5. The van der Waals surface area contributed by atoms with E-state index in [1.54, 1.807) is 35.0 Å². The van der Waals surface area contributed by atoms with Crippen molar-refractivity contribution < 1.29 is 9.18 Å². The smallest absolute Gasteiger partial charge is 0.255 e. The van der Waals surface area contributed by atoms with E-state index in [9.17, 15) is 9.18 Å². The second kappa shape index (κ2) is 6.76. The van der Waals surface area contributed by atoms with Gasteiger partial charge in [-0.15, -0.1) is 5.10 Å². The summed E-state index contributed by atoms with van der Waals surface area (Å²) in [5, 5.41) is 10.9. The molecular formula is C20H15FN4O. The third kappa shape index (κ3) is 3.17. The fourth-order valence-corrected chi connectivity index (χ4v) is 2.74. The van der Waals surface area contributed by atoms with Crippen molar-refractivity contribution in [3.63, 3.8) is 0 Å². The first-order chi connectivity index (χ1) is 12.7. The number of anilines is 1. The molecule has 0 spiro atoms. The summed E-state index contributed by atoms with van der Waals surface area (Å²) >= 11 is 0. The number of hydrogen-bond donors (Lipinski definition) is 1. The van der Waals surface area contributed by atoms with Gasteiger partial charge in [0.15, 0.2) is 0 Å². The number of benzene rings is 3. The molecule has 0 radical (unpaired) electrons. The van der Waals surface area contributed by atoms with E-state index in [-0.39, 0.29) is 5.69 Å². The maximum atomic E-state index is 13.7. The Morgan fingerprint density at radius 1 is 1.00 bits per heavy atom. The number of halogens is 1. The van der Waals surface area contributed by atoms with Crippen molar-refractivity contribution in [1.29, 1.82) is 0 Å². The minimum Gasteiger partial charge on any atom is -0.319 e. The maximum Gasteiger partial charge on any atom is 0.255 e. The highest BCUT2D eigenvalue weighted by Gasteiger charge is 2.12. The number of amides is 1. The van der Waals surface area contributed by atoms with E-state index in [1.165, 1.54) is 12.1 Å². The summed E-state index contributed by atoms with van der Waals surface area (Å²) in [6, 6.07) is 21.1. The Morgan fingerprint density at radius 3 is 2.58 bits per heavy atom. The van der Waals surface area contributed by atoms with Gasteiger partial charge in [-0.3, -0.25) is 4.79 Å². The van der Waals surface area contributed by atoms with Crippen LogP contribution >= 0.6 is 0 Å². The van der Waals surface area contributed by atoms with Gasteiger partial charge in [-0.2, -0.15) is 0 Å². The van der Waals surface area contributed by atoms with Crippen LogP contribution in [0, 0.1) is 5.82 Å². The summed E-state index contributed by atoms with van der Waals surface area (Å²) in [5.41, 5.74) is 3.09. The summed E-state index contributed by atoms with van der Waals surface area (Å²) in [4.78, 5) is 12.4. The van der Waals surface area contributed by atoms with Gasteiger partial charge in [0.05, 0.1) is 17.7 Å². The second-order valence-corrected chi connectivity index (χ2v) is 5.87. The molecule has 3 aromatic carbocycles. The van der Waals surface area contributed by atoms with Crippen molar-refractivity contribution >= 4 is 22.6 Å². The number of carbonyl (C=O) groups excluding carboxylic acids is 1. The van der Waals surface area contributed by atoms with Crippen LogP contribution in [0.3, 0.4) is 0 Å². The van der Waals surface area contributed by atoms with Gasteiger partial charge in [-0.05, 0) is 35.9 Å². The second-order valence-electron chi connectivity index (χ2n) is 5.87. The van der Waals surface area contributed by atoms with Crippen LogP contribution in [0.15, 0.2) is 72.8 Å². The van der Waals surface area contributed by atoms with E-state index in [0.717, 1.165) is 11.1 Å². The number of aromatic nitrogens is 3. The molecule has 1 heterocycles. The summed E-state index contributed by atoms with van der Waals surface area (Å²) in [7, 11) is 0. The van der Waals surface area contributed by atoms with E-state index in [2.05, 4.69) is 15.6 Å². The van der Waals surface area contributed by atoms with Gasteiger partial charge < -0.3 is 5.32 Å². The van der Waals surface area contributed by atoms with E-state index in [1.807, 2.05) is 30.3 Å². The Hall–Kier alpha value is -3.54. The van der Waals surface area contributed by atoms with Gasteiger partial charge in [0.2, 0.25) is 0 Å². The SMILES string of the molecule is O=C(Nc1ccccc1F)c1ccc2c(c1)nnn2Cc1ccccc1. The molecule has 0 aliphatic heterocycles. The summed E-state index contributed by atoms with van der Waals surface area (Å²) in [5.74, 6) is -0.870. The van der Waals surface area contributed by atoms with Crippen LogP contribution in [0.2, 0.25) is 0 Å². The van der Waals surface area contributed by atoms with Gasteiger partial charge in [0, 0.05) is 5.56 Å². The Balaban J connectivity index is 1.58. The highest BCUT2D eigenvalue weighted by Crippen LogP contribution is 2.18. The number of carbonyl (C=O) groups is 1.